The zero-order valence-electron chi connectivity index (χ0n) is 12.2. The van der Waals surface area contributed by atoms with Crippen LogP contribution in [0.25, 0.3) is 0 Å². The number of hydrogen-bond acceptors (Lipinski definition) is 3. The van der Waals surface area contributed by atoms with Gasteiger partial charge >= 0.3 is 0 Å². The van der Waals surface area contributed by atoms with E-state index >= 15 is 0 Å². The molecule has 1 N–H and O–H groups in total. The van der Waals surface area contributed by atoms with Crippen LogP contribution in [0.5, 0.6) is 0 Å². The zero-order chi connectivity index (χ0) is 13.0. The summed E-state index contributed by atoms with van der Waals surface area (Å²) >= 11 is 0. The molecule has 0 aliphatic carbocycles. The van der Waals surface area contributed by atoms with Crippen LogP contribution in [0.3, 0.4) is 0 Å². The van der Waals surface area contributed by atoms with E-state index in [0.717, 1.165) is 19.6 Å². The molecule has 2 rings (SSSR count). The third-order valence-corrected chi connectivity index (χ3v) is 3.59. The Balaban J connectivity index is 0.00000180. The molecule has 0 saturated carbocycles. The Morgan fingerprint density at radius 1 is 1.32 bits per heavy atom. The minimum Gasteiger partial charge on any atom is -0.314 e. The number of rotatable bonds is 3. The van der Waals surface area contributed by atoms with E-state index in [-0.39, 0.29) is 12.4 Å². The SMILES string of the molecule is CC(C)(C)CCN1CCNCC1c1ccncc1.Cl. The lowest BCUT2D eigenvalue weighted by Crippen LogP contribution is -2.46. The van der Waals surface area contributed by atoms with E-state index in [9.17, 15) is 0 Å². The molecule has 1 atom stereocenters. The van der Waals surface area contributed by atoms with Crippen molar-refractivity contribution in [3.63, 3.8) is 0 Å². The number of hydrogen-bond donors (Lipinski definition) is 1. The average Bonchev–Trinajstić information content (AvgIpc) is 2.37. The largest absolute Gasteiger partial charge is 0.314 e. The summed E-state index contributed by atoms with van der Waals surface area (Å²) in [4.78, 5) is 6.72. The van der Waals surface area contributed by atoms with Crippen molar-refractivity contribution in [3.05, 3.63) is 30.1 Å². The molecule has 1 aromatic heterocycles. The maximum absolute atomic E-state index is 4.11. The molecule has 0 bridgehead atoms. The van der Waals surface area contributed by atoms with Crippen molar-refractivity contribution < 1.29 is 0 Å². The maximum Gasteiger partial charge on any atom is 0.0474 e. The molecule has 0 spiro atoms. The normalized spacial score (nSPS) is 20.9. The molecule has 0 radical (unpaired) electrons. The predicted octanol–water partition coefficient (Wildman–Crippen LogP) is 2.89. The molecular weight excluding hydrogens is 258 g/mol. The minimum absolute atomic E-state index is 0. The van der Waals surface area contributed by atoms with Gasteiger partial charge in [-0.25, -0.2) is 0 Å². The van der Waals surface area contributed by atoms with Crippen LogP contribution < -0.4 is 5.32 Å². The monoisotopic (exact) mass is 283 g/mol. The van der Waals surface area contributed by atoms with Gasteiger partial charge in [0.2, 0.25) is 0 Å². The van der Waals surface area contributed by atoms with Gasteiger partial charge in [0.1, 0.15) is 0 Å². The first kappa shape index (κ1) is 16.4. The van der Waals surface area contributed by atoms with Crippen LogP contribution in [0.4, 0.5) is 0 Å². The molecule has 3 nitrogen and oxygen atoms in total. The molecule has 1 aliphatic heterocycles. The molecule has 19 heavy (non-hydrogen) atoms. The summed E-state index contributed by atoms with van der Waals surface area (Å²) in [7, 11) is 0. The quantitative estimate of drug-likeness (QED) is 0.925. The lowest BCUT2D eigenvalue weighted by molar-refractivity contribution is 0.141. The first-order valence-electron chi connectivity index (χ1n) is 6.91. The van der Waals surface area contributed by atoms with Gasteiger partial charge in [-0.2, -0.15) is 0 Å². The van der Waals surface area contributed by atoms with Gasteiger partial charge in [-0.1, -0.05) is 20.8 Å². The van der Waals surface area contributed by atoms with E-state index in [0.29, 0.717) is 11.5 Å². The Morgan fingerprint density at radius 2 is 2.00 bits per heavy atom. The molecule has 1 fully saturated rings. The molecular formula is C15H26ClN3. The molecule has 0 amide bonds. The summed E-state index contributed by atoms with van der Waals surface area (Å²) in [6.07, 6.45) is 5.03. The van der Waals surface area contributed by atoms with Crippen molar-refractivity contribution >= 4 is 12.4 Å². The summed E-state index contributed by atoms with van der Waals surface area (Å²) in [5.41, 5.74) is 1.79. The zero-order valence-corrected chi connectivity index (χ0v) is 13.0. The Morgan fingerprint density at radius 3 is 2.63 bits per heavy atom. The van der Waals surface area contributed by atoms with Gasteiger partial charge in [0, 0.05) is 38.1 Å². The van der Waals surface area contributed by atoms with Crippen LogP contribution in [-0.4, -0.2) is 36.1 Å². The van der Waals surface area contributed by atoms with Crippen LogP contribution in [0.1, 0.15) is 38.8 Å². The highest BCUT2D eigenvalue weighted by molar-refractivity contribution is 5.85. The molecule has 1 unspecified atom stereocenters. The van der Waals surface area contributed by atoms with Crippen LogP contribution in [0.2, 0.25) is 0 Å². The molecule has 1 aliphatic rings. The van der Waals surface area contributed by atoms with Gasteiger partial charge in [0.05, 0.1) is 0 Å². The van der Waals surface area contributed by atoms with Gasteiger partial charge in [0.15, 0.2) is 0 Å². The second-order valence-corrected chi connectivity index (χ2v) is 6.35. The van der Waals surface area contributed by atoms with Crippen molar-refractivity contribution in [3.8, 4) is 0 Å². The van der Waals surface area contributed by atoms with Crippen molar-refractivity contribution in [2.24, 2.45) is 5.41 Å². The Kier molecular flexibility index (Phi) is 6.24. The van der Waals surface area contributed by atoms with Crippen molar-refractivity contribution in [2.45, 2.75) is 33.2 Å². The number of nitrogens with zero attached hydrogens (tertiary/aromatic N) is 2. The van der Waals surface area contributed by atoms with Crippen molar-refractivity contribution in [1.82, 2.24) is 15.2 Å². The second kappa shape index (κ2) is 7.22. The fourth-order valence-electron chi connectivity index (χ4n) is 2.41. The van der Waals surface area contributed by atoms with E-state index in [1.165, 1.54) is 18.5 Å². The average molecular weight is 284 g/mol. The van der Waals surface area contributed by atoms with Crippen molar-refractivity contribution in [2.75, 3.05) is 26.2 Å². The maximum atomic E-state index is 4.11. The standard InChI is InChI=1S/C15H25N3.ClH/c1-15(2,3)6-10-18-11-9-17-12-14(18)13-4-7-16-8-5-13;/h4-5,7-8,14,17H,6,9-12H2,1-3H3;1H. The summed E-state index contributed by atoms with van der Waals surface area (Å²) in [5.74, 6) is 0. The lowest BCUT2D eigenvalue weighted by atomic mass is 9.91. The van der Waals surface area contributed by atoms with Gasteiger partial charge in [-0.3, -0.25) is 9.88 Å². The predicted molar refractivity (Wildman–Crippen MR) is 82.7 cm³/mol. The van der Waals surface area contributed by atoms with Gasteiger partial charge in [0.25, 0.3) is 0 Å². The summed E-state index contributed by atoms with van der Waals surface area (Å²) in [6.45, 7) is 11.4. The number of pyridine rings is 1. The van der Waals surface area contributed by atoms with E-state index in [2.05, 4.69) is 48.1 Å². The van der Waals surface area contributed by atoms with Gasteiger partial charge in [-0.15, -0.1) is 12.4 Å². The number of nitrogens with one attached hydrogen (secondary N) is 1. The van der Waals surface area contributed by atoms with E-state index in [4.69, 9.17) is 0 Å². The van der Waals surface area contributed by atoms with Crippen LogP contribution in [-0.2, 0) is 0 Å². The third kappa shape index (κ3) is 5.09. The molecule has 108 valence electrons. The van der Waals surface area contributed by atoms with Crippen LogP contribution in [0, 0.1) is 5.41 Å². The van der Waals surface area contributed by atoms with E-state index in [1.807, 2.05) is 12.4 Å². The summed E-state index contributed by atoms with van der Waals surface area (Å²) in [5, 5.41) is 3.50. The summed E-state index contributed by atoms with van der Waals surface area (Å²) < 4.78 is 0. The number of piperazine rings is 1. The van der Waals surface area contributed by atoms with Crippen LogP contribution in [0.15, 0.2) is 24.5 Å². The second-order valence-electron chi connectivity index (χ2n) is 6.35. The Hall–Kier alpha value is -0.640. The summed E-state index contributed by atoms with van der Waals surface area (Å²) in [6, 6.07) is 4.79. The van der Waals surface area contributed by atoms with Crippen LogP contribution >= 0.6 is 12.4 Å². The highest BCUT2D eigenvalue weighted by Gasteiger charge is 2.24. The molecule has 4 heteroatoms. The molecule has 1 saturated heterocycles. The topological polar surface area (TPSA) is 28.2 Å². The van der Waals surface area contributed by atoms with Gasteiger partial charge < -0.3 is 5.32 Å². The highest BCUT2D eigenvalue weighted by atomic mass is 35.5. The Bertz CT molecular complexity index is 361. The first-order valence-corrected chi connectivity index (χ1v) is 6.91. The van der Waals surface area contributed by atoms with E-state index in [1.54, 1.807) is 0 Å². The highest BCUT2D eigenvalue weighted by Crippen LogP contribution is 2.25. The lowest BCUT2D eigenvalue weighted by Gasteiger charge is -2.37. The fraction of sp³-hybridized carbons (Fsp3) is 0.667. The van der Waals surface area contributed by atoms with Gasteiger partial charge in [-0.05, 0) is 36.1 Å². The number of halogens is 1. The minimum atomic E-state index is 0. The fourth-order valence-corrected chi connectivity index (χ4v) is 2.41. The van der Waals surface area contributed by atoms with E-state index < -0.39 is 0 Å². The molecule has 1 aromatic rings. The molecule has 0 aromatic carbocycles. The Labute approximate surface area is 123 Å². The number of aromatic nitrogens is 1. The van der Waals surface area contributed by atoms with Crippen molar-refractivity contribution in [1.29, 1.82) is 0 Å². The molecule has 2 heterocycles. The smallest absolute Gasteiger partial charge is 0.0474 e. The first-order chi connectivity index (χ1) is 8.56. The third-order valence-electron chi connectivity index (χ3n) is 3.59.